The molecule has 0 bridgehead atoms. The van der Waals surface area contributed by atoms with Crippen molar-refractivity contribution in [1.82, 2.24) is 20.2 Å². The van der Waals surface area contributed by atoms with Crippen LogP contribution in [0, 0.1) is 0 Å². The Hall–Kier alpha value is -2.11. The first-order valence-corrected chi connectivity index (χ1v) is 7.75. The minimum Gasteiger partial charge on any atom is -0.497 e. The normalized spacial score (nSPS) is 29.6. The van der Waals surface area contributed by atoms with Crippen molar-refractivity contribution in [2.75, 3.05) is 13.7 Å². The molecule has 1 saturated heterocycles. The van der Waals surface area contributed by atoms with Crippen LogP contribution in [0.5, 0.6) is 5.75 Å². The minimum atomic E-state index is -1.50. The largest absolute Gasteiger partial charge is 0.497 e. The van der Waals surface area contributed by atoms with E-state index in [1.165, 1.54) is 0 Å². The van der Waals surface area contributed by atoms with E-state index < -0.39 is 37.3 Å². The average molecular weight is 352 g/mol. The zero-order valence-corrected chi connectivity index (χ0v) is 13.5. The molecule has 0 spiro atoms. The third kappa shape index (κ3) is 3.62. The molecule has 10 nitrogen and oxygen atoms in total. The summed E-state index contributed by atoms with van der Waals surface area (Å²) in [6.07, 6.45) is -6.20. The molecule has 1 aliphatic heterocycles. The van der Waals surface area contributed by atoms with Crippen LogP contribution in [0.1, 0.15) is 17.6 Å². The van der Waals surface area contributed by atoms with Gasteiger partial charge in [0.2, 0.25) is 0 Å². The van der Waals surface area contributed by atoms with Gasteiger partial charge in [-0.1, -0.05) is 12.1 Å². The summed E-state index contributed by atoms with van der Waals surface area (Å²) in [6.45, 7) is -0.521. The molecule has 25 heavy (non-hydrogen) atoms. The number of nitrogens with zero attached hydrogens (tertiary/aromatic N) is 4. The molecule has 5 atom stereocenters. The lowest BCUT2D eigenvalue weighted by Crippen LogP contribution is -2.56. The Morgan fingerprint density at radius 2 is 2.00 bits per heavy atom. The van der Waals surface area contributed by atoms with E-state index in [1.54, 1.807) is 7.11 Å². The Balaban J connectivity index is 1.76. The Labute approximate surface area is 143 Å². The lowest BCUT2D eigenvalue weighted by Gasteiger charge is -2.38. The molecule has 4 N–H and O–H groups in total. The van der Waals surface area contributed by atoms with Crippen molar-refractivity contribution < 1.29 is 29.9 Å². The number of hydrogen-bond acceptors (Lipinski definition) is 9. The second-order valence-corrected chi connectivity index (χ2v) is 5.77. The van der Waals surface area contributed by atoms with Crippen molar-refractivity contribution in [3.05, 3.63) is 35.7 Å². The van der Waals surface area contributed by atoms with Crippen LogP contribution >= 0.6 is 0 Å². The van der Waals surface area contributed by atoms with Crippen molar-refractivity contribution in [2.24, 2.45) is 0 Å². The van der Waals surface area contributed by atoms with Crippen molar-refractivity contribution in [2.45, 2.75) is 37.1 Å². The van der Waals surface area contributed by atoms with Crippen LogP contribution in [-0.4, -0.2) is 78.8 Å². The maximum atomic E-state index is 10.1. The zero-order chi connectivity index (χ0) is 18.0. The number of benzene rings is 1. The van der Waals surface area contributed by atoms with Crippen LogP contribution in [-0.2, 0) is 11.2 Å². The van der Waals surface area contributed by atoms with Gasteiger partial charge in [0.1, 0.15) is 30.2 Å². The molecule has 0 amide bonds. The molecule has 0 aliphatic carbocycles. The number of aliphatic hydroxyl groups excluding tert-OH is 4. The van der Waals surface area contributed by atoms with Gasteiger partial charge in [0.15, 0.2) is 12.1 Å². The fraction of sp³-hybridized carbons (Fsp3) is 0.533. The van der Waals surface area contributed by atoms with Gasteiger partial charge in [-0.15, -0.1) is 15.0 Å². The summed E-state index contributed by atoms with van der Waals surface area (Å²) >= 11 is 0. The molecule has 3 rings (SSSR count). The maximum Gasteiger partial charge on any atom is 0.199 e. The molecular weight excluding hydrogens is 332 g/mol. The Morgan fingerprint density at radius 3 is 2.72 bits per heavy atom. The first-order valence-electron chi connectivity index (χ1n) is 7.75. The van der Waals surface area contributed by atoms with Gasteiger partial charge >= 0.3 is 0 Å². The monoisotopic (exact) mass is 352 g/mol. The number of ether oxygens (including phenoxy) is 2. The van der Waals surface area contributed by atoms with E-state index in [-0.39, 0.29) is 0 Å². The van der Waals surface area contributed by atoms with Crippen LogP contribution in [0.2, 0.25) is 0 Å². The summed E-state index contributed by atoms with van der Waals surface area (Å²) in [5, 5.41) is 50.9. The van der Waals surface area contributed by atoms with Crippen LogP contribution in [0.15, 0.2) is 24.3 Å². The third-order valence-corrected chi connectivity index (χ3v) is 4.06. The topological polar surface area (TPSA) is 143 Å². The lowest BCUT2D eigenvalue weighted by atomic mass is 9.99. The van der Waals surface area contributed by atoms with Gasteiger partial charge in [-0.3, -0.25) is 0 Å². The number of methoxy groups -OCH3 is 1. The highest BCUT2D eigenvalue weighted by Crippen LogP contribution is 2.27. The molecule has 5 unspecified atom stereocenters. The number of rotatable bonds is 5. The quantitative estimate of drug-likeness (QED) is 0.492. The van der Waals surface area contributed by atoms with Crippen molar-refractivity contribution >= 4 is 0 Å². The highest BCUT2D eigenvalue weighted by Gasteiger charge is 2.45. The highest BCUT2D eigenvalue weighted by atomic mass is 16.6. The second kappa shape index (κ2) is 7.42. The van der Waals surface area contributed by atoms with Gasteiger partial charge in [0.05, 0.1) is 13.7 Å². The zero-order valence-electron chi connectivity index (χ0n) is 13.5. The summed E-state index contributed by atoms with van der Waals surface area (Å²) in [7, 11) is 1.58. The highest BCUT2D eigenvalue weighted by molar-refractivity contribution is 5.29. The van der Waals surface area contributed by atoms with E-state index in [0.717, 1.165) is 10.4 Å². The van der Waals surface area contributed by atoms with Gasteiger partial charge in [-0.25, -0.2) is 0 Å². The molecular formula is C15H20N4O6. The molecule has 10 heteroatoms. The molecule has 1 aliphatic rings. The Kier molecular flexibility index (Phi) is 5.25. The Morgan fingerprint density at radius 1 is 1.20 bits per heavy atom. The molecule has 1 fully saturated rings. The summed E-state index contributed by atoms with van der Waals surface area (Å²) in [4.78, 5) is 1.03. The molecule has 2 aromatic rings. The van der Waals surface area contributed by atoms with E-state index in [2.05, 4.69) is 15.4 Å². The minimum absolute atomic E-state index is 0.380. The van der Waals surface area contributed by atoms with Gasteiger partial charge in [0, 0.05) is 6.42 Å². The van der Waals surface area contributed by atoms with Gasteiger partial charge in [0.25, 0.3) is 0 Å². The number of aliphatic hydroxyl groups is 4. The second-order valence-electron chi connectivity index (χ2n) is 5.77. The summed E-state index contributed by atoms with van der Waals surface area (Å²) in [5.74, 6) is 1.09. The number of aromatic nitrogens is 4. The molecule has 1 aromatic carbocycles. The fourth-order valence-corrected chi connectivity index (χ4v) is 2.67. The van der Waals surface area contributed by atoms with Crippen LogP contribution in [0.4, 0.5) is 0 Å². The summed E-state index contributed by atoms with van der Waals surface area (Å²) in [5.41, 5.74) is 0.910. The van der Waals surface area contributed by atoms with Gasteiger partial charge in [-0.05, 0) is 22.9 Å². The number of hydrogen-bond donors (Lipinski definition) is 4. The summed E-state index contributed by atoms with van der Waals surface area (Å²) in [6, 6.07) is 7.39. The van der Waals surface area contributed by atoms with Crippen molar-refractivity contribution in [3.8, 4) is 5.75 Å². The standard InChI is InChI=1S/C15H20N4O6/c1-24-9-4-2-3-8(5-9)6-11-16-18-19(17-11)15-14(23)13(22)12(21)10(7-20)25-15/h2-5,10,12-15,20-23H,6-7H2,1H3. The number of tetrazole rings is 1. The SMILES string of the molecule is COc1cccc(Cc2nnn(C3OC(CO)C(O)C(O)C3O)n2)c1. The maximum absolute atomic E-state index is 10.1. The first kappa shape index (κ1) is 17.7. The van der Waals surface area contributed by atoms with Crippen LogP contribution in [0.25, 0.3) is 0 Å². The fourth-order valence-electron chi connectivity index (χ4n) is 2.67. The lowest BCUT2D eigenvalue weighted by molar-refractivity contribution is -0.257. The molecule has 136 valence electrons. The first-order chi connectivity index (χ1) is 12.0. The Bertz CT molecular complexity index is 709. The molecule has 1 aromatic heterocycles. The van der Waals surface area contributed by atoms with Gasteiger partial charge in [-0.2, -0.15) is 0 Å². The van der Waals surface area contributed by atoms with Crippen molar-refractivity contribution in [3.63, 3.8) is 0 Å². The van der Waals surface area contributed by atoms with E-state index >= 15 is 0 Å². The van der Waals surface area contributed by atoms with Crippen LogP contribution < -0.4 is 4.74 Å². The average Bonchev–Trinajstić information content (AvgIpc) is 3.08. The van der Waals surface area contributed by atoms with E-state index in [0.29, 0.717) is 18.0 Å². The molecule has 0 radical (unpaired) electrons. The van der Waals surface area contributed by atoms with E-state index in [4.69, 9.17) is 9.47 Å². The molecule has 2 heterocycles. The van der Waals surface area contributed by atoms with Crippen molar-refractivity contribution in [1.29, 1.82) is 0 Å². The molecule has 0 saturated carbocycles. The summed E-state index contributed by atoms with van der Waals surface area (Å²) < 4.78 is 10.5. The smallest absolute Gasteiger partial charge is 0.199 e. The van der Waals surface area contributed by atoms with E-state index in [9.17, 15) is 20.4 Å². The predicted octanol–water partition coefficient (Wildman–Crippen LogP) is -1.76. The predicted molar refractivity (Wildman–Crippen MR) is 82.6 cm³/mol. The third-order valence-electron chi connectivity index (χ3n) is 4.06. The van der Waals surface area contributed by atoms with E-state index in [1.807, 2.05) is 24.3 Å². The van der Waals surface area contributed by atoms with Crippen LogP contribution in [0.3, 0.4) is 0 Å². The van der Waals surface area contributed by atoms with Gasteiger partial charge < -0.3 is 29.9 Å².